The van der Waals surface area contributed by atoms with Crippen LogP contribution in [0.2, 0.25) is 0 Å². The summed E-state index contributed by atoms with van der Waals surface area (Å²) in [5.74, 6) is -1.81. The zero-order valence-corrected chi connectivity index (χ0v) is 36.8. The van der Waals surface area contributed by atoms with Gasteiger partial charge in [0.15, 0.2) is 17.9 Å². The number of pyridine rings is 1. The van der Waals surface area contributed by atoms with Crippen LogP contribution in [0.25, 0.3) is 10.9 Å². The van der Waals surface area contributed by atoms with Crippen LogP contribution in [0.5, 0.6) is 5.75 Å². The molecule has 1 aliphatic heterocycles. The van der Waals surface area contributed by atoms with E-state index in [1.165, 1.54) is 20.4 Å². The van der Waals surface area contributed by atoms with Gasteiger partial charge in [0.1, 0.15) is 34.1 Å². The average Bonchev–Trinajstić information content (AvgIpc) is 3.95. The number of amides is 4. The smallest absolute Gasteiger partial charge is 0.410 e. The fourth-order valence-corrected chi connectivity index (χ4v) is 6.76. The van der Waals surface area contributed by atoms with E-state index < -0.39 is 76.6 Å². The minimum atomic E-state index is -1.11. The molecule has 1 aromatic heterocycles. The highest BCUT2D eigenvalue weighted by Gasteiger charge is 2.37. The van der Waals surface area contributed by atoms with Crippen molar-refractivity contribution >= 4 is 46.7 Å². The van der Waals surface area contributed by atoms with Gasteiger partial charge in [-0.1, -0.05) is 0 Å². The molecule has 2 atom stereocenters. The first-order valence-electron chi connectivity index (χ1n) is 20.1. The van der Waals surface area contributed by atoms with Crippen LogP contribution >= 0.6 is 0 Å². The number of benzene rings is 1. The van der Waals surface area contributed by atoms with Gasteiger partial charge in [-0.2, -0.15) is 0 Å². The number of carbonyl (C=O) groups is 5. The van der Waals surface area contributed by atoms with Crippen molar-refractivity contribution in [3.05, 3.63) is 33.9 Å². The summed E-state index contributed by atoms with van der Waals surface area (Å²) in [6.45, 7) is 17.7. The predicted octanol–water partition coefficient (Wildman–Crippen LogP) is 4.90. The Hall–Kier alpha value is -5.33. The lowest BCUT2D eigenvalue weighted by Crippen LogP contribution is -2.59. The van der Waals surface area contributed by atoms with Crippen LogP contribution in [0, 0.1) is 5.82 Å². The molecular weight excluding hydrogens is 785 g/mol. The number of rotatable bonds is 13. The van der Waals surface area contributed by atoms with Gasteiger partial charge >= 0.3 is 24.2 Å². The van der Waals surface area contributed by atoms with Crippen LogP contribution in [-0.4, -0.2) is 115 Å². The molecule has 0 radical (unpaired) electrons. The molecule has 1 aromatic carbocycles. The largest absolute Gasteiger partial charge is 0.492 e. The van der Waals surface area contributed by atoms with Crippen molar-refractivity contribution in [2.75, 3.05) is 45.3 Å². The number of esters is 1. The molecule has 60 heavy (non-hydrogen) atoms. The second kappa shape index (κ2) is 18.9. The van der Waals surface area contributed by atoms with Crippen LogP contribution in [0.1, 0.15) is 111 Å². The van der Waals surface area contributed by atoms with E-state index in [1.807, 2.05) is 0 Å². The summed E-state index contributed by atoms with van der Waals surface area (Å²) in [5.41, 5.74) is -2.86. The van der Waals surface area contributed by atoms with Gasteiger partial charge in [0, 0.05) is 37.9 Å². The van der Waals surface area contributed by atoms with E-state index in [-0.39, 0.29) is 67.4 Å². The molecule has 18 nitrogen and oxygen atoms in total. The number of anilines is 1. The van der Waals surface area contributed by atoms with Gasteiger partial charge in [-0.05, 0) is 108 Å². The molecule has 1 saturated heterocycles. The standard InChI is InChI=1S/C41H62FN7O11/c1-23-21-47(30-27(42)20-25-29(32(30)56-11)49(24-15-16-24)22-26(31(25)50)34(52)57-12)18-19-48(23)33(51)28(44-36(53)58-39(2,3)4)14-13-17-43-35(45-37(54)59-40(5,6)7)46-38(55)60-41(8,9)10/h20,22-24,28,35,43H,13-19,21H2,1-12H3,(H,44,53)(H,45,54)(H,46,55). The molecule has 19 heteroatoms. The van der Waals surface area contributed by atoms with Crippen LogP contribution in [-0.2, 0) is 23.7 Å². The number of hydrogen-bond acceptors (Lipinski definition) is 13. The number of halogens is 1. The first-order valence-corrected chi connectivity index (χ1v) is 20.1. The average molecular weight is 848 g/mol. The fraction of sp³-hybridized carbons (Fsp3) is 0.659. The second-order valence-corrected chi connectivity index (χ2v) is 18.0. The number of carbonyl (C=O) groups excluding carboxylic acids is 5. The lowest BCUT2D eigenvalue weighted by molar-refractivity contribution is -0.136. The second-order valence-electron chi connectivity index (χ2n) is 18.0. The maximum absolute atomic E-state index is 16.2. The van der Waals surface area contributed by atoms with Crippen LogP contribution < -0.4 is 36.3 Å². The van der Waals surface area contributed by atoms with Gasteiger partial charge in [-0.25, -0.2) is 23.6 Å². The summed E-state index contributed by atoms with van der Waals surface area (Å²) in [6, 6.07) is -0.431. The number of nitrogens with one attached hydrogen (secondary N) is 4. The Morgan fingerprint density at radius 2 is 1.40 bits per heavy atom. The minimum absolute atomic E-state index is 0.0112. The van der Waals surface area contributed by atoms with Crippen molar-refractivity contribution in [1.29, 1.82) is 0 Å². The molecule has 2 fully saturated rings. The Bertz CT molecular complexity index is 1950. The van der Waals surface area contributed by atoms with Crippen LogP contribution in [0.3, 0.4) is 0 Å². The van der Waals surface area contributed by atoms with E-state index in [0.717, 1.165) is 18.9 Å². The third-order valence-electron chi connectivity index (χ3n) is 9.30. The summed E-state index contributed by atoms with van der Waals surface area (Å²) in [4.78, 5) is 81.8. The highest BCUT2D eigenvalue weighted by molar-refractivity contribution is 5.98. The zero-order valence-electron chi connectivity index (χ0n) is 36.8. The van der Waals surface area contributed by atoms with Crippen molar-refractivity contribution in [1.82, 2.24) is 30.7 Å². The maximum Gasteiger partial charge on any atom is 0.410 e. The number of ether oxygens (including phenoxy) is 5. The monoisotopic (exact) mass is 847 g/mol. The Balaban J connectivity index is 1.54. The van der Waals surface area contributed by atoms with Crippen molar-refractivity contribution in [3.63, 3.8) is 0 Å². The van der Waals surface area contributed by atoms with Gasteiger partial charge in [-0.3, -0.25) is 25.5 Å². The summed E-state index contributed by atoms with van der Waals surface area (Å²) >= 11 is 0. The number of aromatic nitrogens is 1. The first-order chi connectivity index (χ1) is 27.8. The van der Waals surface area contributed by atoms with E-state index in [9.17, 15) is 28.8 Å². The number of alkyl carbamates (subject to hydrolysis) is 3. The fourth-order valence-electron chi connectivity index (χ4n) is 6.76. The zero-order chi connectivity index (χ0) is 44.9. The van der Waals surface area contributed by atoms with E-state index in [0.29, 0.717) is 5.52 Å². The third-order valence-corrected chi connectivity index (χ3v) is 9.30. The first kappa shape index (κ1) is 47.3. The minimum Gasteiger partial charge on any atom is -0.492 e. The summed E-state index contributed by atoms with van der Waals surface area (Å²) in [7, 11) is 2.57. The summed E-state index contributed by atoms with van der Waals surface area (Å²) in [5, 5.41) is 10.8. The van der Waals surface area contributed by atoms with Gasteiger partial charge in [-0.15, -0.1) is 0 Å². The van der Waals surface area contributed by atoms with Crippen molar-refractivity contribution in [2.24, 2.45) is 0 Å². The Kier molecular flexibility index (Phi) is 14.9. The Labute approximate surface area is 350 Å². The van der Waals surface area contributed by atoms with Crippen molar-refractivity contribution in [2.45, 2.75) is 136 Å². The maximum atomic E-state index is 16.2. The molecule has 0 spiro atoms. The quantitative estimate of drug-likeness (QED) is 0.0917. The van der Waals surface area contributed by atoms with Gasteiger partial charge < -0.3 is 43.4 Å². The van der Waals surface area contributed by atoms with Gasteiger partial charge in [0.25, 0.3) is 0 Å². The lowest BCUT2D eigenvalue weighted by atomic mass is 10.0. The predicted molar refractivity (Wildman–Crippen MR) is 221 cm³/mol. The molecule has 0 bridgehead atoms. The highest BCUT2D eigenvalue weighted by Crippen LogP contribution is 2.44. The van der Waals surface area contributed by atoms with E-state index in [4.69, 9.17) is 23.7 Å². The molecule has 334 valence electrons. The Morgan fingerprint density at radius 1 is 0.850 bits per heavy atom. The molecular formula is C41H62FN7O11. The van der Waals surface area contributed by atoms with Crippen LogP contribution in [0.4, 0.5) is 24.5 Å². The molecule has 2 aliphatic rings. The number of fused-ring (bicyclic) bond motifs is 1. The molecule has 4 N–H and O–H groups in total. The molecule has 4 amide bonds. The lowest BCUT2D eigenvalue weighted by Gasteiger charge is -2.42. The Morgan fingerprint density at radius 3 is 1.88 bits per heavy atom. The molecule has 1 saturated carbocycles. The highest BCUT2D eigenvalue weighted by atomic mass is 19.1. The van der Waals surface area contributed by atoms with E-state index >= 15 is 4.39 Å². The third kappa shape index (κ3) is 12.8. The summed E-state index contributed by atoms with van der Waals surface area (Å²) in [6.07, 6.45) is -0.0504. The number of hydrogen-bond donors (Lipinski definition) is 4. The summed E-state index contributed by atoms with van der Waals surface area (Å²) < 4.78 is 44.8. The molecule has 2 aromatic rings. The van der Waals surface area contributed by atoms with Gasteiger partial charge in [0.05, 0.1) is 25.1 Å². The molecule has 4 rings (SSSR count). The molecule has 2 heterocycles. The van der Waals surface area contributed by atoms with Crippen molar-refractivity contribution in [3.8, 4) is 5.75 Å². The van der Waals surface area contributed by atoms with E-state index in [2.05, 4.69) is 21.3 Å². The number of nitrogens with zero attached hydrogens (tertiary/aromatic N) is 3. The number of piperazine rings is 1. The molecule has 1 aliphatic carbocycles. The SMILES string of the molecule is COC(=O)c1cn(C2CC2)c2c(OC)c(N3CCN(C(=O)C(CCCNC(NC(=O)OC(C)(C)C)NC(=O)OC(C)(C)C)NC(=O)OC(C)(C)C)C(C)C3)c(F)cc2c1=O. The van der Waals surface area contributed by atoms with Crippen LogP contribution in [0.15, 0.2) is 17.1 Å². The normalized spacial score (nSPS) is 16.5. The van der Waals surface area contributed by atoms with E-state index in [1.54, 1.807) is 83.6 Å². The van der Waals surface area contributed by atoms with Crippen molar-refractivity contribution < 1.29 is 52.0 Å². The molecule has 2 unspecified atom stereocenters. The number of methoxy groups -OCH3 is 2. The van der Waals surface area contributed by atoms with Gasteiger partial charge in [0.2, 0.25) is 11.3 Å². The topological polar surface area (TPSA) is 208 Å².